The van der Waals surface area contributed by atoms with Gasteiger partial charge in [-0.25, -0.2) is 0 Å². The Morgan fingerprint density at radius 3 is 2.81 bits per heavy atom. The van der Waals surface area contributed by atoms with Gasteiger partial charge in [-0.3, -0.25) is 4.99 Å². The van der Waals surface area contributed by atoms with E-state index in [0.29, 0.717) is 0 Å². The number of likely N-dealkylation sites (N-methyl/N-ethyl adjacent to an activating group) is 1. The highest BCUT2D eigenvalue weighted by Gasteiger charge is 2.25. The normalized spacial score (nSPS) is 22.5. The molecule has 0 aromatic heterocycles. The number of aliphatic imine (C=N–C) groups is 1. The van der Waals surface area contributed by atoms with E-state index in [2.05, 4.69) is 52.2 Å². The van der Waals surface area contributed by atoms with Crippen LogP contribution in [0.4, 0.5) is 0 Å². The first-order chi connectivity index (χ1) is 10.3. The summed E-state index contributed by atoms with van der Waals surface area (Å²) in [5.41, 5.74) is 1.48. The molecule has 0 aliphatic carbocycles. The lowest BCUT2D eigenvalue weighted by molar-refractivity contribution is 0.228. The first-order valence-electron chi connectivity index (χ1n) is 8.37. The molecule has 0 saturated carbocycles. The fraction of sp³-hybridized carbons (Fsp3) is 0.611. The molecule has 1 atom stereocenters. The fourth-order valence-corrected chi connectivity index (χ4v) is 3.58. The van der Waals surface area contributed by atoms with Crippen molar-refractivity contribution in [3.63, 3.8) is 0 Å². The van der Waals surface area contributed by atoms with Crippen LogP contribution in [0.2, 0.25) is 0 Å². The number of piperidine rings is 1. The van der Waals surface area contributed by atoms with Gasteiger partial charge in [0.15, 0.2) is 5.96 Å². The Morgan fingerprint density at radius 2 is 2.05 bits per heavy atom. The van der Waals surface area contributed by atoms with Crippen LogP contribution in [0.15, 0.2) is 35.3 Å². The summed E-state index contributed by atoms with van der Waals surface area (Å²) >= 11 is 0. The predicted octanol–water partition coefficient (Wildman–Crippen LogP) is 3.02. The molecule has 0 amide bonds. The minimum Gasteiger partial charge on any atom is -0.344 e. The molecule has 1 saturated heterocycles. The lowest BCUT2D eigenvalue weighted by Crippen LogP contribution is -2.45. The van der Waals surface area contributed by atoms with Gasteiger partial charge in [0.25, 0.3) is 0 Å². The van der Waals surface area contributed by atoms with Crippen molar-refractivity contribution in [1.29, 1.82) is 0 Å². The Kier molecular flexibility index (Phi) is 4.79. The van der Waals surface area contributed by atoms with Crippen LogP contribution < -0.4 is 0 Å². The zero-order chi connectivity index (χ0) is 14.5. The van der Waals surface area contributed by atoms with Crippen LogP contribution in [0.5, 0.6) is 0 Å². The summed E-state index contributed by atoms with van der Waals surface area (Å²) in [6.07, 6.45) is 6.59. The van der Waals surface area contributed by atoms with Crippen LogP contribution in [-0.2, 0) is 6.42 Å². The molecule has 3 heteroatoms. The molecular weight excluding hydrogens is 258 g/mol. The van der Waals surface area contributed by atoms with Gasteiger partial charge in [-0.1, -0.05) is 30.3 Å². The summed E-state index contributed by atoms with van der Waals surface area (Å²) in [7, 11) is 2.17. The Morgan fingerprint density at radius 1 is 1.19 bits per heavy atom. The van der Waals surface area contributed by atoms with Crippen molar-refractivity contribution in [2.45, 2.75) is 32.1 Å². The lowest BCUT2D eigenvalue weighted by Gasteiger charge is -2.36. The molecule has 3 rings (SSSR count). The minimum atomic E-state index is 0.846. The quantitative estimate of drug-likeness (QED) is 0.847. The highest BCUT2D eigenvalue weighted by atomic mass is 15.4. The average Bonchev–Trinajstić information content (AvgIpc) is 2.95. The van der Waals surface area contributed by atoms with Crippen molar-refractivity contribution in [2.24, 2.45) is 10.9 Å². The zero-order valence-corrected chi connectivity index (χ0v) is 13.2. The Bertz CT molecular complexity index is 469. The molecule has 1 unspecified atom stereocenters. The monoisotopic (exact) mass is 285 g/mol. The van der Waals surface area contributed by atoms with E-state index in [-0.39, 0.29) is 0 Å². The Hall–Kier alpha value is -1.51. The van der Waals surface area contributed by atoms with E-state index in [0.717, 1.165) is 19.0 Å². The van der Waals surface area contributed by atoms with Crippen LogP contribution in [0, 0.1) is 5.92 Å². The topological polar surface area (TPSA) is 18.8 Å². The van der Waals surface area contributed by atoms with Crippen molar-refractivity contribution >= 4 is 5.96 Å². The van der Waals surface area contributed by atoms with Crippen LogP contribution >= 0.6 is 0 Å². The second-order valence-corrected chi connectivity index (χ2v) is 6.44. The third-order valence-corrected chi connectivity index (χ3v) is 4.75. The number of likely N-dealkylation sites (tertiary alicyclic amines) is 1. The summed E-state index contributed by atoms with van der Waals surface area (Å²) in [6.45, 7) is 4.46. The molecule has 2 aliphatic rings. The molecule has 2 aliphatic heterocycles. The molecule has 114 valence electrons. The number of guanidine groups is 1. The van der Waals surface area contributed by atoms with Gasteiger partial charge in [0.1, 0.15) is 0 Å². The van der Waals surface area contributed by atoms with Gasteiger partial charge in [0.05, 0.1) is 6.54 Å². The minimum absolute atomic E-state index is 0.846. The second kappa shape index (κ2) is 6.97. The summed E-state index contributed by atoms with van der Waals surface area (Å²) in [6, 6.07) is 10.9. The number of hydrogen-bond donors (Lipinski definition) is 0. The van der Waals surface area contributed by atoms with Crippen molar-refractivity contribution in [3.8, 4) is 0 Å². The molecule has 1 aromatic rings. The number of aryl methyl sites for hydroxylation is 1. The molecule has 21 heavy (non-hydrogen) atoms. The van der Waals surface area contributed by atoms with E-state index in [1.165, 1.54) is 56.7 Å². The van der Waals surface area contributed by atoms with Crippen LogP contribution in [-0.4, -0.2) is 49.0 Å². The van der Waals surface area contributed by atoms with E-state index in [4.69, 9.17) is 0 Å². The summed E-state index contributed by atoms with van der Waals surface area (Å²) in [5, 5.41) is 0. The Labute approximate surface area is 128 Å². The number of hydrogen-bond acceptors (Lipinski definition) is 3. The summed E-state index contributed by atoms with van der Waals surface area (Å²) < 4.78 is 0. The van der Waals surface area contributed by atoms with Gasteiger partial charge in [0.2, 0.25) is 0 Å². The lowest BCUT2D eigenvalue weighted by atomic mass is 9.92. The molecule has 0 bridgehead atoms. The molecule has 1 fully saturated rings. The van der Waals surface area contributed by atoms with E-state index in [1.807, 2.05) is 0 Å². The van der Waals surface area contributed by atoms with E-state index in [9.17, 15) is 0 Å². The third-order valence-electron chi connectivity index (χ3n) is 4.75. The van der Waals surface area contributed by atoms with E-state index < -0.39 is 0 Å². The molecule has 0 spiro atoms. The van der Waals surface area contributed by atoms with Crippen LogP contribution in [0.25, 0.3) is 0 Å². The molecule has 0 radical (unpaired) electrons. The first-order valence-corrected chi connectivity index (χ1v) is 8.37. The van der Waals surface area contributed by atoms with Gasteiger partial charge < -0.3 is 9.80 Å². The first kappa shape index (κ1) is 14.4. The second-order valence-electron chi connectivity index (χ2n) is 6.44. The molecule has 0 N–H and O–H groups in total. The molecule has 3 nitrogen and oxygen atoms in total. The van der Waals surface area contributed by atoms with Gasteiger partial charge in [-0.2, -0.15) is 0 Å². The van der Waals surface area contributed by atoms with E-state index >= 15 is 0 Å². The maximum Gasteiger partial charge on any atom is 0.196 e. The largest absolute Gasteiger partial charge is 0.344 e. The van der Waals surface area contributed by atoms with E-state index in [1.54, 1.807) is 0 Å². The highest BCUT2D eigenvalue weighted by Crippen LogP contribution is 2.23. The smallest absolute Gasteiger partial charge is 0.196 e. The summed E-state index contributed by atoms with van der Waals surface area (Å²) in [5.74, 6) is 2.09. The molecule has 1 aromatic carbocycles. The van der Waals surface area contributed by atoms with Gasteiger partial charge in [-0.15, -0.1) is 0 Å². The maximum atomic E-state index is 4.67. The molecular formula is C18H27N3. The van der Waals surface area contributed by atoms with Crippen molar-refractivity contribution < 1.29 is 0 Å². The fourth-order valence-electron chi connectivity index (χ4n) is 3.58. The SMILES string of the molecule is CN1CCN=C1N1CCCC(CCCc2ccccc2)C1. The predicted molar refractivity (Wildman–Crippen MR) is 88.6 cm³/mol. The number of benzene rings is 1. The van der Waals surface area contributed by atoms with Crippen LogP contribution in [0.3, 0.4) is 0 Å². The summed E-state index contributed by atoms with van der Waals surface area (Å²) in [4.78, 5) is 9.50. The van der Waals surface area contributed by atoms with Crippen LogP contribution in [0.1, 0.15) is 31.2 Å². The average molecular weight is 285 g/mol. The Balaban J connectivity index is 1.46. The van der Waals surface area contributed by atoms with Crippen molar-refractivity contribution in [3.05, 3.63) is 35.9 Å². The standard InChI is InChI=1S/C18H27N3/c1-20-14-12-19-18(20)21-13-6-11-17(15-21)10-5-9-16-7-3-2-4-8-16/h2-4,7-8,17H,5-6,9-15H2,1H3. The van der Waals surface area contributed by atoms with Gasteiger partial charge in [-0.05, 0) is 43.6 Å². The third kappa shape index (κ3) is 3.78. The molecule has 2 heterocycles. The highest BCUT2D eigenvalue weighted by molar-refractivity contribution is 5.81. The van der Waals surface area contributed by atoms with Crippen molar-refractivity contribution in [1.82, 2.24) is 9.80 Å². The maximum absolute atomic E-state index is 4.67. The van der Waals surface area contributed by atoms with Gasteiger partial charge >= 0.3 is 0 Å². The van der Waals surface area contributed by atoms with Crippen molar-refractivity contribution in [2.75, 3.05) is 33.2 Å². The number of nitrogens with zero attached hydrogens (tertiary/aromatic N) is 3. The zero-order valence-electron chi connectivity index (χ0n) is 13.2. The van der Waals surface area contributed by atoms with Gasteiger partial charge in [0, 0.05) is 26.7 Å². The number of rotatable bonds is 4.